The molecule has 1 heteroatoms. The van der Waals surface area contributed by atoms with Crippen molar-refractivity contribution in [1.29, 1.82) is 0 Å². The lowest BCUT2D eigenvalue weighted by molar-refractivity contribution is 1.62. The summed E-state index contributed by atoms with van der Waals surface area (Å²) in [4.78, 5) is 0. The second-order valence-corrected chi connectivity index (χ2v) is 15.0. The molecule has 0 heterocycles. The van der Waals surface area contributed by atoms with Crippen molar-refractivity contribution in [3.8, 4) is 44.5 Å². The highest BCUT2D eigenvalue weighted by atomic mass is 31.1. The Labute approximate surface area is 287 Å². The fourth-order valence-electron chi connectivity index (χ4n) is 8.11. The van der Waals surface area contributed by atoms with Gasteiger partial charge in [-0.1, -0.05) is 182 Å². The van der Waals surface area contributed by atoms with Gasteiger partial charge in [0.2, 0.25) is 0 Å². The first-order valence-electron chi connectivity index (χ1n) is 17.0. The van der Waals surface area contributed by atoms with Crippen molar-refractivity contribution < 1.29 is 0 Å². The molecule has 1 unspecified atom stereocenters. The van der Waals surface area contributed by atoms with Gasteiger partial charge in [0.25, 0.3) is 0 Å². The molecule has 0 saturated heterocycles. The maximum absolute atomic E-state index is 2.44. The molecule has 1 aliphatic carbocycles. The minimum atomic E-state index is -0.826. The SMILES string of the molecule is c1ccc(-c2c3c(c(-c4ccccc4)c4ccccc24)-c2ccc(P(c4ccccc4)c4ccc5ccccc5c4)c4cccc-3c24)cc1. The molecule has 9 aromatic carbocycles. The fourth-order valence-corrected chi connectivity index (χ4v) is 10.6. The van der Waals surface area contributed by atoms with E-state index in [-0.39, 0.29) is 0 Å². The van der Waals surface area contributed by atoms with Gasteiger partial charge in [-0.2, -0.15) is 0 Å². The van der Waals surface area contributed by atoms with Crippen LogP contribution in [0.15, 0.2) is 188 Å². The van der Waals surface area contributed by atoms with E-state index in [1.165, 1.54) is 92.7 Å². The van der Waals surface area contributed by atoms with Crippen molar-refractivity contribution in [2.45, 2.75) is 0 Å². The summed E-state index contributed by atoms with van der Waals surface area (Å²) < 4.78 is 0. The number of fused-ring (bicyclic) bond motifs is 5. The largest absolute Gasteiger partial charge is 0.0622 e. The lowest BCUT2D eigenvalue weighted by Crippen LogP contribution is -2.21. The topological polar surface area (TPSA) is 0 Å². The van der Waals surface area contributed by atoms with E-state index in [4.69, 9.17) is 0 Å². The minimum Gasteiger partial charge on any atom is -0.0622 e. The first-order valence-corrected chi connectivity index (χ1v) is 18.3. The monoisotopic (exact) mass is 638 g/mol. The Morgan fingerprint density at radius 1 is 0.306 bits per heavy atom. The van der Waals surface area contributed by atoms with Crippen molar-refractivity contribution in [2.75, 3.05) is 0 Å². The van der Waals surface area contributed by atoms with Crippen molar-refractivity contribution in [3.05, 3.63) is 188 Å². The molecule has 0 radical (unpaired) electrons. The molecule has 0 nitrogen and oxygen atoms in total. The number of hydrogen-bond acceptors (Lipinski definition) is 0. The molecule has 0 aliphatic heterocycles. The van der Waals surface area contributed by atoms with E-state index in [1.54, 1.807) is 0 Å². The lowest BCUT2D eigenvalue weighted by Gasteiger charge is -2.22. The van der Waals surface area contributed by atoms with Gasteiger partial charge in [0.15, 0.2) is 0 Å². The Kier molecular flexibility index (Phi) is 6.57. The van der Waals surface area contributed by atoms with E-state index >= 15 is 0 Å². The molecule has 0 bridgehead atoms. The Hall–Kier alpha value is -5.81. The predicted octanol–water partition coefficient (Wildman–Crippen LogP) is 11.9. The zero-order valence-electron chi connectivity index (χ0n) is 26.8. The van der Waals surface area contributed by atoms with Crippen LogP contribution in [0.4, 0.5) is 0 Å². The van der Waals surface area contributed by atoms with Crippen molar-refractivity contribution in [1.82, 2.24) is 0 Å². The first kappa shape index (κ1) is 28.2. The highest BCUT2D eigenvalue weighted by Gasteiger charge is 2.32. The van der Waals surface area contributed by atoms with Crippen LogP contribution in [0.3, 0.4) is 0 Å². The highest BCUT2D eigenvalue weighted by Crippen LogP contribution is 2.58. The van der Waals surface area contributed by atoms with Crippen LogP contribution in [0.1, 0.15) is 0 Å². The summed E-state index contributed by atoms with van der Waals surface area (Å²) in [6.45, 7) is 0. The van der Waals surface area contributed by atoms with E-state index < -0.39 is 7.92 Å². The Balaban J connectivity index is 1.32. The summed E-state index contributed by atoms with van der Waals surface area (Å²) >= 11 is 0. The molecule has 228 valence electrons. The summed E-state index contributed by atoms with van der Waals surface area (Å²) in [5, 5.41) is 12.0. The fraction of sp³-hybridized carbons (Fsp3) is 0. The van der Waals surface area contributed by atoms with E-state index in [2.05, 4.69) is 188 Å². The number of benzene rings is 9. The van der Waals surface area contributed by atoms with Gasteiger partial charge in [0.05, 0.1) is 0 Å². The molecule has 1 aliphatic rings. The van der Waals surface area contributed by atoms with Crippen molar-refractivity contribution in [2.24, 2.45) is 0 Å². The quantitative estimate of drug-likeness (QED) is 0.165. The molecule has 0 N–H and O–H groups in total. The third-order valence-corrected chi connectivity index (χ3v) is 12.6. The van der Waals surface area contributed by atoms with Crippen LogP contribution in [-0.2, 0) is 0 Å². The van der Waals surface area contributed by atoms with Crippen LogP contribution in [0, 0.1) is 0 Å². The summed E-state index contributed by atoms with van der Waals surface area (Å²) in [7, 11) is -0.826. The van der Waals surface area contributed by atoms with Crippen LogP contribution >= 0.6 is 7.92 Å². The Morgan fingerprint density at radius 2 is 0.837 bits per heavy atom. The van der Waals surface area contributed by atoms with Gasteiger partial charge in [-0.15, -0.1) is 0 Å². The molecular weight excluding hydrogens is 608 g/mol. The van der Waals surface area contributed by atoms with Gasteiger partial charge >= 0.3 is 0 Å². The van der Waals surface area contributed by atoms with Crippen LogP contribution in [0.5, 0.6) is 0 Å². The van der Waals surface area contributed by atoms with Gasteiger partial charge in [0.1, 0.15) is 0 Å². The number of rotatable bonds is 5. The standard InChI is InChI=1S/C48H31P/c1-4-16-33(17-5-1)44-38-23-12-13-24-39(38)45(34-18-6-2-7-19-34)48-42-29-30-43(40-25-14-26-41(46(40)42)47(44)48)49(36-21-8-3-9-22-36)37-28-27-32-15-10-11-20-35(32)31-37/h1-31H. The van der Waals surface area contributed by atoms with Crippen LogP contribution < -0.4 is 15.9 Å². The zero-order chi connectivity index (χ0) is 32.3. The second-order valence-electron chi connectivity index (χ2n) is 12.8. The normalized spacial score (nSPS) is 12.4. The van der Waals surface area contributed by atoms with Crippen LogP contribution in [0.2, 0.25) is 0 Å². The van der Waals surface area contributed by atoms with Crippen molar-refractivity contribution in [3.63, 3.8) is 0 Å². The molecule has 9 aromatic rings. The molecule has 0 amide bonds. The van der Waals surface area contributed by atoms with Gasteiger partial charge in [-0.25, -0.2) is 0 Å². The van der Waals surface area contributed by atoms with Gasteiger partial charge in [0, 0.05) is 0 Å². The minimum absolute atomic E-state index is 0.826. The predicted molar refractivity (Wildman–Crippen MR) is 213 cm³/mol. The first-order chi connectivity index (χ1) is 24.3. The summed E-state index contributed by atoms with van der Waals surface area (Å²) in [5.74, 6) is 0. The molecular formula is C48H31P. The van der Waals surface area contributed by atoms with E-state index in [0.29, 0.717) is 0 Å². The zero-order valence-corrected chi connectivity index (χ0v) is 27.7. The summed E-state index contributed by atoms with van der Waals surface area (Å²) in [6, 6.07) is 69.8. The molecule has 1 atom stereocenters. The highest BCUT2D eigenvalue weighted by molar-refractivity contribution is 7.80. The smallest absolute Gasteiger partial charge is 0.000741 e. The van der Waals surface area contributed by atoms with E-state index in [0.717, 1.165) is 0 Å². The van der Waals surface area contributed by atoms with E-state index in [1.807, 2.05) is 0 Å². The third-order valence-electron chi connectivity index (χ3n) is 10.1. The number of hydrogen-bond donors (Lipinski definition) is 0. The molecule has 0 saturated carbocycles. The van der Waals surface area contributed by atoms with E-state index in [9.17, 15) is 0 Å². The van der Waals surface area contributed by atoms with Gasteiger partial charge < -0.3 is 0 Å². The van der Waals surface area contributed by atoms with Crippen LogP contribution in [-0.4, -0.2) is 0 Å². The molecule has 0 aromatic heterocycles. The Morgan fingerprint density at radius 3 is 1.49 bits per heavy atom. The van der Waals surface area contributed by atoms with Gasteiger partial charge in [-0.3, -0.25) is 0 Å². The second kappa shape index (κ2) is 11.4. The summed E-state index contributed by atoms with van der Waals surface area (Å²) in [5.41, 5.74) is 10.5. The average Bonchev–Trinajstić information content (AvgIpc) is 3.50. The van der Waals surface area contributed by atoms with Gasteiger partial charge in [-0.05, 0) is 107 Å². The molecule has 49 heavy (non-hydrogen) atoms. The maximum atomic E-state index is 2.44. The lowest BCUT2D eigenvalue weighted by atomic mass is 9.82. The average molecular weight is 639 g/mol. The van der Waals surface area contributed by atoms with Crippen LogP contribution in [0.25, 0.3) is 76.8 Å². The maximum Gasteiger partial charge on any atom is -0.000741 e. The van der Waals surface area contributed by atoms with Crippen molar-refractivity contribution >= 4 is 56.2 Å². The third kappa shape index (κ3) is 4.42. The summed E-state index contributed by atoms with van der Waals surface area (Å²) in [6.07, 6.45) is 0. The molecule has 0 fully saturated rings. The Bertz CT molecular complexity index is 2600. The molecule has 0 spiro atoms. The molecule has 10 rings (SSSR count).